The summed E-state index contributed by atoms with van der Waals surface area (Å²) in [5.74, 6) is -4.14. The summed E-state index contributed by atoms with van der Waals surface area (Å²) >= 11 is 0. The van der Waals surface area contributed by atoms with Gasteiger partial charge in [0.15, 0.2) is 0 Å². The Bertz CT molecular complexity index is 352. The van der Waals surface area contributed by atoms with Crippen LogP contribution in [-0.2, 0) is 117 Å². The van der Waals surface area contributed by atoms with Crippen LogP contribution < -0.4 is 0 Å². The zero-order valence-electron chi connectivity index (χ0n) is 16.8. The van der Waals surface area contributed by atoms with Crippen molar-refractivity contribution in [2.24, 2.45) is 0 Å². The van der Waals surface area contributed by atoms with Crippen molar-refractivity contribution in [1.82, 2.24) is 0 Å². The number of aliphatic carboxylic acids is 4. The largest absolute Gasteiger partial charge is 0.481 e. The fraction of sp³-hybridized carbons (Fsp3) is 0.765. The van der Waals surface area contributed by atoms with E-state index in [0.29, 0.717) is 25.7 Å². The molecule has 10 N–H and O–H groups in total. The van der Waals surface area contributed by atoms with Crippen molar-refractivity contribution in [2.45, 2.75) is 72.6 Å². The molecule has 0 bridgehead atoms. The Kier molecular flexibility index (Phi) is 107. The molecule has 0 saturated carbocycles. The van der Waals surface area contributed by atoms with Crippen LogP contribution in [0.25, 0.3) is 0 Å². The first-order valence-electron chi connectivity index (χ1n) is 7.76. The van der Waals surface area contributed by atoms with Crippen molar-refractivity contribution in [2.75, 3.05) is 13.2 Å². The summed E-state index contributed by atoms with van der Waals surface area (Å²) in [6.45, 7) is 0.333. The van der Waals surface area contributed by atoms with Gasteiger partial charge in [-0.05, 0) is 25.7 Å². The van der Waals surface area contributed by atoms with Gasteiger partial charge in [-0.25, -0.2) is 0 Å². The Morgan fingerprint density at radius 2 is 0.719 bits per heavy atom. The van der Waals surface area contributed by atoms with E-state index in [4.69, 9.17) is 30.6 Å². The molecule has 0 unspecified atom stereocenters. The Balaban J connectivity index is -0.0000000257. The van der Waals surface area contributed by atoms with E-state index in [9.17, 15) is 19.2 Å². The quantitative estimate of drug-likeness (QED) is 0.121. The zero-order chi connectivity index (χ0) is 20.1. The van der Waals surface area contributed by atoms with Crippen LogP contribution in [0, 0.1) is 0 Å². The summed E-state index contributed by atoms with van der Waals surface area (Å²) in [7, 11) is 0. The zero-order valence-corrected chi connectivity index (χ0v) is 25.3. The van der Waals surface area contributed by atoms with E-state index in [0.717, 1.165) is 12.8 Å². The first-order chi connectivity index (χ1) is 11.7. The van der Waals surface area contributed by atoms with Crippen molar-refractivity contribution >= 4 is 23.9 Å². The van der Waals surface area contributed by atoms with Gasteiger partial charge in [-0.2, -0.15) is 0 Å². The molecule has 0 spiro atoms. The first-order valence-corrected chi connectivity index (χ1v) is 7.76. The van der Waals surface area contributed by atoms with Crippen molar-refractivity contribution in [3.05, 3.63) is 0 Å². The SMILES string of the molecule is C.C.O.O.O=C(O)CC(=O)O.O=C(O)CCCCCO.O=C(O)CCCCCO.[Y].[Y].[Y]. The second kappa shape index (κ2) is 53.4. The van der Waals surface area contributed by atoms with E-state index >= 15 is 0 Å². The number of rotatable bonds is 12. The molecule has 0 aliphatic carbocycles. The smallest absolute Gasteiger partial charge is 0.314 e. The molecule has 12 nitrogen and oxygen atoms in total. The third kappa shape index (κ3) is 96.5. The average molecular weight is 703 g/mol. The van der Waals surface area contributed by atoms with Crippen LogP contribution in [0.4, 0.5) is 0 Å². The molecule has 0 aromatic rings. The number of hydrogen-bond acceptors (Lipinski definition) is 6. The Morgan fingerprint density at radius 3 is 0.844 bits per heavy atom. The molecule has 0 aliphatic rings. The molecule has 0 aromatic carbocycles. The molecule has 0 heterocycles. The third-order valence-electron chi connectivity index (χ3n) is 2.40. The molecular weight excluding hydrogens is 663 g/mol. The van der Waals surface area contributed by atoms with Crippen LogP contribution in [0.3, 0.4) is 0 Å². The molecule has 189 valence electrons. The molecule has 32 heavy (non-hydrogen) atoms. The van der Waals surface area contributed by atoms with E-state index in [1.165, 1.54) is 0 Å². The van der Waals surface area contributed by atoms with E-state index in [1.54, 1.807) is 0 Å². The van der Waals surface area contributed by atoms with Crippen molar-refractivity contribution < 1.29 is 159 Å². The first kappa shape index (κ1) is 63.9. The molecule has 0 aromatic heterocycles. The van der Waals surface area contributed by atoms with Gasteiger partial charge in [-0.1, -0.05) is 27.7 Å². The second-order valence-electron chi connectivity index (χ2n) is 4.82. The summed E-state index contributed by atoms with van der Waals surface area (Å²) in [5.41, 5.74) is 0. The van der Waals surface area contributed by atoms with Gasteiger partial charge in [0, 0.05) is 124 Å². The van der Waals surface area contributed by atoms with Crippen LogP contribution >= 0.6 is 0 Å². The van der Waals surface area contributed by atoms with Crippen molar-refractivity contribution in [1.29, 1.82) is 0 Å². The topological polar surface area (TPSA) is 253 Å². The van der Waals surface area contributed by atoms with E-state index in [-0.39, 0.29) is 150 Å². The number of carbonyl (C=O) groups is 4. The minimum atomic E-state index is -1.31. The van der Waals surface area contributed by atoms with Gasteiger partial charge in [0.25, 0.3) is 0 Å². The van der Waals surface area contributed by atoms with Gasteiger partial charge < -0.3 is 41.6 Å². The maximum absolute atomic E-state index is 9.90. The van der Waals surface area contributed by atoms with E-state index < -0.39 is 30.3 Å². The van der Waals surface area contributed by atoms with E-state index in [2.05, 4.69) is 0 Å². The number of hydrogen-bond donors (Lipinski definition) is 6. The van der Waals surface area contributed by atoms with Gasteiger partial charge >= 0.3 is 23.9 Å². The molecule has 15 heteroatoms. The van der Waals surface area contributed by atoms with Gasteiger partial charge in [-0.15, -0.1) is 0 Å². The Morgan fingerprint density at radius 1 is 0.469 bits per heavy atom. The molecular formula is C17H40O12Y3. The summed E-state index contributed by atoms with van der Waals surface area (Å²) in [5, 5.41) is 48.3. The van der Waals surface area contributed by atoms with E-state index in [1.807, 2.05) is 0 Å². The molecule has 0 aliphatic heterocycles. The van der Waals surface area contributed by atoms with Gasteiger partial charge in [0.05, 0.1) is 0 Å². The number of aliphatic hydroxyl groups excluding tert-OH is 2. The predicted molar refractivity (Wildman–Crippen MR) is 107 cm³/mol. The van der Waals surface area contributed by atoms with Crippen LogP contribution in [0.2, 0.25) is 0 Å². The maximum atomic E-state index is 9.90. The third-order valence-corrected chi connectivity index (χ3v) is 2.40. The fourth-order valence-corrected chi connectivity index (χ4v) is 1.26. The minimum Gasteiger partial charge on any atom is -0.481 e. The fourth-order valence-electron chi connectivity index (χ4n) is 1.26. The number of carboxylic acids is 4. The standard InChI is InChI=1S/2C6H12O3.C3H4O4.2CH4.2H2O.3Y/c2*7-5-3-1-2-4-6(8)9;4-2(5)1-3(6)7;;;;;;;/h2*7H,1-5H2,(H,8,9);1H2,(H,4,5)(H,6,7);2*1H4;2*1H2;;;. The summed E-state index contributed by atoms with van der Waals surface area (Å²) in [6, 6.07) is 0. The van der Waals surface area contributed by atoms with Crippen molar-refractivity contribution in [3.63, 3.8) is 0 Å². The van der Waals surface area contributed by atoms with Crippen LogP contribution in [-0.4, -0.2) is 78.7 Å². The summed E-state index contributed by atoms with van der Waals surface area (Å²) in [6.07, 6.45) is 4.04. The summed E-state index contributed by atoms with van der Waals surface area (Å²) < 4.78 is 0. The van der Waals surface area contributed by atoms with Crippen LogP contribution in [0.1, 0.15) is 72.6 Å². The van der Waals surface area contributed by atoms with Gasteiger partial charge in [-0.3, -0.25) is 19.2 Å². The van der Waals surface area contributed by atoms with Gasteiger partial charge in [0.1, 0.15) is 6.42 Å². The molecule has 0 saturated heterocycles. The summed E-state index contributed by atoms with van der Waals surface area (Å²) in [4.78, 5) is 38.7. The molecule has 3 radical (unpaired) electrons. The molecule has 0 rings (SSSR count). The van der Waals surface area contributed by atoms with Gasteiger partial charge in [0.2, 0.25) is 0 Å². The minimum absolute atomic E-state index is 0. The average Bonchev–Trinajstić information content (AvgIpc) is 2.48. The van der Waals surface area contributed by atoms with Crippen molar-refractivity contribution in [3.8, 4) is 0 Å². The predicted octanol–water partition coefficient (Wildman–Crippen LogP) is 0.408. The van der Waals surface area contributed by atoms with Crippen LogP contribution in [0.5, 0.6) is 0 Å². The number of carboxylic acid groups (broad SMARTS) is 4. The Labute approximate surface area is 265 Å². The normalized spacial score (nSPS) is 7.06. The second-order valence-corrected chi connectivity index (χ2v) is 4.82. The number of unbranched alkanes of at least 4 members (excludes halogenated alkanes) is 4. The molecule has 0 fully saturated rings. The van der Waals surface area contributed by atoms with Crippen LogP contribution in [0.15, 0.2) is 0 Å². The number of aliphatic hydroxyl groups is 2. The maximum Gasteiger partial charge on any atom is 0.314 e. The monoisotopic (exact) mass is 703 g/mol. The Hall–Kier alpha value is 1.03. The molecule has 0 atom stereocenters. The molecule has 0 amide bonds.